The van der Waals surface area contributed by atoms with Crippen LogP contribution < -0.4 is 10.1 Å². The van der Waals surface area contributed by atoms with E-state index in [0.717, 1.165) is 28.6 Å². The van der Waals surface area contributed by atoms with E-state index in [4.69, 9.17) is 21.1 Å². The molecule has 0 bridgehead atoms. The lowest BCUT2D eigenvalue weighted by Gasteiger charge is -2.36. The fourth-order valence-corrected chi connectivity index (χ4v) is 3.28. The van der Waals surface area contributed by atoms with Crippen LogP contribution in [-0.4, -0.2) is 40.2 Å². The smallest absolute Gasteiger partial charge is 0.252 e. The number of nitrogens with zero attached hydrogens (tertiary/aromatic N) is 2. The quantitative estimate of drug-likeness (QED) is 0.703. The van der Waals surface area contributed by atoms with E-state index in [2.05, 4.69) is 20.3 Å². The Morgan fingerprint density at radius 2 is 2.19 bits per heavy atom. The van der Waals surface area contributed by atoms with Crippen LogP contribution >= 0.6 is 11.6 Å². The Balaban J connectivity index is 1.56. The topological polar surface area (TPSA) is 89.1 Å². The SMILES string of the molecule is COc1cnc(-c2cc3[nH]c(CNC(=O)[C@]4(C)CCO4)cc3cc2Cl)cn1. The molecule has 0 spiro atoms. The van der Waals surface area contributed by atoms with E-state index >= 15 is 0 Å². The Bertz CT molecular complexity index is 996. The number of methoxy groups -OCH3 is 1. The van der Waals surface area contributed by atoms with Gasteiger partial charge in [0.05, 0.1) is 43.4 Å². The molecule has 1 fully saturated rings. The maximum Gasteiger partial charge on any atom is 0.252 e. The Kier molecular flexibility index (Phi) is 4.49. The van der Waals surface area contributed by atoms with Gasteiger partial charge in [0.15, 0.2) is 0 Å². The second-order valence-corrected chi connectivity index (χ2v) is 7.08. The zero-order chi connectivity index (χ0) is 19.0. The number of aromatic nitrogens is 3. The van der Waals surface area contributed by atoms with Gasteiger partial charge in [-0.15, -0.1) is 0 Å². The van der Waals surface area contributed by atoms with Gasteiger partial charge in [-0.05, 0) is 25.1 Å². The molecule has 1 atom stereocenters. The number of halogens is 1. The Hall–Kier alpha value is -2.64. The van der Waals surface area contributed by atoms with Crippen LogP contribution in [0.3, 0.4) is 0 Å². The third-order valence-corrected chi connectivity index (χ3v) is 5.11. The molecule has 0 radical (unpaired) electrons. The zero-order valence-corrected chi connectivity index (χ0v) is 15.8. The minimum Gasteiger partial charge on any atom is -0.480 e. The molecular weight excluding hydrogens is 368 g/mol. The molecule has 27 heavy (non-hydrogen) atoms. The first-order valence-corrected chi connectivity index (χ1v) is 8.96. The van der Waals surface area contributed by atoms with Crippen LogP contribution in [0.25, 0.3) is 22.2 Å². The zero-order valence-electron chi connectivity index (χ0n) is 15.0. The van der Waals surface area contributed by atoms with Crippen molar-refractivity contribution < 1.29 is 14.3 Å². The molecular formula is C19H19ClN4O3. The predicted molar refractivity (Wildman–Crippen MR) is 102 cm³/mol. The lowest BCUT2D eigenvalue weighted by molar-refractivity contribution is -0.171. The molecule has 4 rings (SSSR count). The van der Waals surface area contributed by atoms with E-state index < -0.39 is 5.60 Å². The minimum atomic E-state index is -0.699. The van der Waals surface area contributed by atoms with Crippen molar-refractivity contribution in [2.24, 2.45) is 0 Å². The Morgan fingerprint density at radius 3 is 2.81 bits per heavy atom. The number of carbonyl (C=O) groups is 1. The van der Waals surface area contributed by atoms with E-state index in [1.54, 1.807) is 26.4 Å². The number of ether oxygens (including phenoxy) is 2. The molecule has 0 saturated carbocycles. The second kappa shape index (κ2) is 6.83. The second-order valence-electron chi connectivity index (χ2n) is 6.67. The maximum absolute atomic E-state index is 12.2. The number of carbonyl (C=O) groups excluding carboxylic acids is 1. The molecule has 140 valence electrons. The largest absolute Gasteiger partial charge is 0.480 e. The van der Waals surface area contributed by atoms with Gasteiger partial charge in [0.25, 0.3) is 5.91 Å². The summed E-state index contributed by atoms with van der Waals surface area (Å²) in [5, 5.41) is 4.45. The van der Waals surface area contributed by atoms with Gasteiger partial charge in [-0.3, -0.25) is 4.79 Å². The predicted octanol–water partition coefficient (Wildman–Crippen LogP) is 3.08. The first-order chi connectivity index (χ1) is 13.0. The summed E-state index contributed by atoms with van der Waals surface area (Å²) in [5.41, 5.74) is 2.52. The van der Waals surface area contributed by atoms with Gasteiger partial charge in [0, 0.05) is 28.6 Å². The van der Waals surface area contributed by atoms with Crippen molar-refractivity contribution in [3.05, 3.63) is 41.3 Å². The van der Waals surface area contributed by atoms with E-state index in [1.165, 1.54) is 0 Å². The molecule has 7 nitrogen and oxygen atoms in total. The summed E-state index contributed by atoms with van der Waals surface area (Å²) in [6.45, 7) is 2.83. The highest BCUT2D eigenvalue weighted by atomic mass is 35.5. The summed E-state index contributed by atoms with van der Waals surface area (Å²) < 4.78 is 10.4. The summed E-state index contributed by atoms with van der Waals surface area (Å²) in [5.74, 6) is 0.345. The number of hydrogen-bond acceptors (Lipinski definition) is 5. The van der Waals surface area contributed by atoms with Gasteiger partial charge in [0.2, 0.25) is 5.88 Å². The molecule has 1 amide bonds. The molecule has 1 aromatic carbocycles. The van der Waals surface area contributed by atoms with Crippen molar-refractivity contribution in [2.75, 3.05) is 13.7 Å². The van der Waals surface area contributed by atoms with Crippen molar-refractivity contribution >= 4 is 28.4 Å². The summed E-state index contributed by atoms with van der Waals surface area (Å²) in [6.07, 6.45) is 3.91. The van der Waals surface area contributed by atoms with E-state index in [1.807, 2.05) is 18.2 Å². The first-order valence-electron chi connectivity index (χ1n) is 8.58. The highest BCUT2D eigenvalue weighted by molar-refractivity contribution is 6.34. The number of benzene rings is 1. The molecule has 0 unspecified atom stereocenters. The molecule has 0 aliphatic carbocycles. The first kappa shape index (κ1) is 17.8. The van der Waals surface area contributed by atoms with E-state index in [9.17, 15) is 4.79 Å². The molecule has 3 aromatic rings. The average Bonchev–Trinajstić information content (AvgIpc) is 3.05. The molecule has 1 aliphatic rings. The van der Waals surface area contributed by atoms with E-state index in [-0.39, 0.29) is 5.91 Å². The summed E-state index contributed by atoms with van der Waals surface area (Å²) in [7, 11) is 1.54. The lowest BCUT2D eigenvalue weighted by atomic mass is 9.96. The van der Waals surface area contributed by atoms with Crippen LogP contribution in [0.4, 0.5) is 0 Å². The fourth-order valence-electron chi connectivity index (χ4n) is 3.02. The summed E-state index contributed by atoms with van der Waals surface area (Å²) in [4.78, 5) is 24.0. The number of fused-ring (bicyclic) bond motifs is 1. The van der Waals surface area contributed by atoms with Gasteiger partial charge in [-0.1, -0.05) is 11.6 Å². The number of amides is 1. The van der Waals surface area contributed by atoms with Gasteiger partial charge in [0.1, 0.15) is 5.60 Å². The van der Waals surface area contributed by atoms with Crippen LogP contribution in [0.5, 0.6) is 5.88 Å². The molecule has 2 aromatic heterocycles. The average molecular weight is 387 g/mol. The van der Waals surface area contributed by atoms with Crippen molar-refractivity contribution in [3.8, 4) is 17.1 Å². The van der Waals surface area contributed by atoms with Crippen LogP contribution in [0.2, 0.25) is 5.02 Å². The normalized spacial score (nSPS) is 18.9. The van der Waals surface area contributed by atoms with Gasteiger partial charge >= 0.3 is 0 Å². The number of nitrogens with one attached hydrogen (secondary N) is 2. The van der Waals surface area contributed by atoms with Gasteiger partial charge < -0.3 is 19.8 Å². The third kappa shape index (κ3) is 3.36. The number of rotatable bonds is 5. The number of H-pyrrole nitrogens is 1. The third-order valence-electron chi connectivity index (χ3n) is 4.80. The van der Waals surface area contributed by atoms with Crippen LogP contribution in [-0.2, 0) is 16.1 Å². The molecule has 2 N–H and O–H groups in total. The lowest BCUT2D eigenvalue weighted by Crippen LogP contribution is -2.53. The van der Waals surface area contributed by atoms with Crippen LogP contribution in [0.15, 0.2) is 30.6 Å². The fraction of sp³-hybridized carbons (Fsp3) is 0.316. The van der Waals surface area contributed by atoms with Crippen LogP contribution in [0, 0.1) is 0 Å². The van der Waals surface area contributed by atoms with Gasteiger partial charge in [-0.25, -0.2) is 9.97 Å². The van der Waals surface area contributed by atoms with Crippen molar-refractivity contribution in [2.45, 2.75) is 25.5 Å². The Labute approximate surface area is 161 Å². The molecule has 8 heteroatoms. The molecule has 1 saturated heterocycles. The number of hydrogen-bond donors (Lipinski definition) is 2. The minimum absolute atomic E-state index is 0.0976. The highest BCUT2D eigenvalue weighted by Gasteiger charge is 2.40. The van der Waals surface area contributed by atoms with Crippen molar-refractivity contribution in [3.63, 3.8) is 0 Å². The highest BCUT2D eigenvalue weighted by Crippen LogP contribution is 2.31. The van der Waals surface area contributed by atoms with Crippen LogP contribution in [0.1, 0.15) is 19.0 Å². The maximum atomic E-state index is 12.2. The molecule has 1 aliphatic heterocycles. The monoisotopic (exact) mass is 386 g/mol. The Morgan fingerprint density at radius 1 is 1.37 bits per heavy atom. The van der Waals surface area contributed by atoms with Crippen molar-refractivity contribution in [1.29, 1.82) is 0 Å². The summed E-state index contributed by atoms with van der Waals surface area (Å²) >= 11 is 6.44. The van der Waals surface area contributed by atoms with E-state index in [0.29, 0.717) is 29.7 Å². The standard InChI is InChI=1S/C19H19ClN4O3/c1-19(3-4-27-19)18(25)23-8-12-5-11-6-14(20)13(7-15(11)24-12)16-9-22-17(26-2)10-21-16/h5-7,9-10,24H,3-4,8H2,1-2H3,(H,23,25)/t19-/m0/s1. The van der Waals surface area contributed by atoms with Gasteiger partial charge in [-0.2, -0.15) is 0 Å². The molecule has 3 heterocycles. The summed E-state index contributed by atoms with van der Waals surface area (Å²) in [6, 6.07) is 5.76. The van der Waals surface area contributed by atoms with Crippen molar-refractivity contribution in [1.82, 2.24) is 20.3 Å². The number of aromatic amines is 1.